The standard InChI is InChI=1S/C24H23F3N4O2/c25-24(26,27)14-7-9-15(10-8-14)28-21(32)12-16-4-3-11-31(16)23(33)18-13-17(18)22-29-19-5-1-2-6-20(19)30-22/h1-2,5-10,16-18H,3-4,11-13H2,(H,28,32)(H,29,30)/t16-,17+,18+/m1/s1. The summed E-state index contributed by atoms with van der Waals surface area (Å²) in [6.07, 6.45) is -2.01. The first-order chi connectivity index (χ1) is 15.8. The number of carbonyl (C=O) groups is 2. The molecule has 0 spiro atoms. The van der Waals surface area contributed by atoms with Crippen LogP contribution in [0.4, 0.5) is 18.9 Å². The largest absolute Gasteiger partial charge is 0.416 e. The first kappa shape index (κ1) is 21.5. The molecule has 33 heavy (non-hydrogen) atoms. The molecule has 1 aliphatic heterocycles. The summed E-state index contributed by atoms with van der Waals surface area (Å²) in [6.45, 7) is 0.612. The summed E-state index contributed by atoms with van der Waals surface area (Å²) in [5, 5.41) is 2.64. The molecule has 1 saturated carbocycles. The minimum atomic E-state index is -4.42. The number of likely N-dealkylation sites (tertiary alicyclic amines) is 1. The van der Waals surface area contributed by atoms with E-state index >= 15 is 0 Å². The topological polar surface area (TPSA) is 78.1 Å². The van der Waals surface area contributed by atoms with Crippen LogP contribution in [-0.2, 0) is 15.8 Å². The van der Waals surface area contributed by atoms with Crippen LogP contribution < -0.4 is 5.32 Å². The lowest BCUT2D eigenvalue weighted by molar-refractivity contribution is -0.137. The SMILES string of the molecule is O=C(C[C@H]1CCCN1C(=O)[C@H]1C[C@@H]1c1nc2ccccc2[nH]1)Nc1ccc(C(F)(F)F)cc1. The van der Waals surface area contributed by atoms with Crippen LogP contribution in [0.15, 0.2) is 48.5 Å². The van der Waals surface area contributed by atoms with Gasteiger partial charge in [-0.25, -0.2) is 4.98 Å². The number of carbonyl (C=O) groups excluding carboxylic acids is 2. The first-order valence-electron chi connectivity index (χ1n) is 11.0. The van der Waals surface area contributed by atoms with Crippen molar-refractivity contribution in [1.82, 2.24) is 14.9 Å². The molecule has 2 N–H and O–H groups in total. The van der Waals surface area contributed by atoms with Crippen molar-refractivity contribution in [2.45, 2.75) is 43.8 Å². The quantitative estimate of drug-likeness (QED) is 0.584. The Bertz CT molecular complexity index is 1160. The zero-order valence-electron chi connectivity index (χ0n) is 17.7. The summed E-state index contributed by atoms with van der Waals surface area (Å²) < 4.78 is 38.1. The second kappa shape index (κ2) is 8.20. The van der Waals surface area contributed by atoms with Gasteiger partial charge in [-0.1, -0.05) is 12.1 Å². The van der Waals surface area contributed by atoms with Crippen molar-refractivity contribution < 1.29 is 22.8 Å². The van der Waals surface area contributed by atoms with Gasteiger partial charge in [-0.3, -0.25) is 9.59 Å². The molecule has 2 aromatic carbocycles. The molecule has 172 valence electrons. The van der Waals surface area contributed by atoms with E-state index in [-0.39, 0.29) is 36.1 Å². The molecular weight excluding hydrogens is 433 g/mol. The first-order valence-corrected chi connectivity index (χ1v) is 11.0. The van der Waals surface area contributed by atoms with Gasteiger partial charge in [0.1, 0.15) is 5.82 Å². The molecule has 6 nitrogen and oxygen atoms in total. The van der Waals surface area contributed by atoms with Crippen LogP contribution in [0.2, 0.25) is 0 Å². The van der Waals surface area contributed by atoms with Gasteiger partial charge in [0.25, 0.3) is 0 Å². The molecule has 0 unspecified atom stereocenters. The van der Waals surface area contributed by atoms with Crippen LogP contribution >= 0.6 is 0 Å². The highest BCUT2D eigenvalue weighted by atomic mass is 19.4. The van der Waals surface area contributed by atoms with E-state index in [0.717, 1.165) is 48.3 Å². The minimum absolute atomic E-state index is 0.0466. The second-order valence-corrected chi connectivity index (χ2v) is 8.74. The van der Waals surface area contributed by atoms with Crippen LogP contribution in [0.5, 0.6) is 0 Å². The highest BCUT2D eigenvalue weighted by Crippen LogP contribution is 2.48. The van der Waals surface area contributed by atoms with Crippen molar-refractivity contribution in [2.75, 3.05) is 11.9 Å². The summed E-state index contributed by atoms with van der Waals surface area (Å²) in [6, 6.07) is 11.9. The van der Waals surface area contributed by atoms with E-state index in [1.165, 1.54) is 12.1 Å². The van der Waals surface area contributed by atoms with Crippen molar-refractivity contribution in [3.05, 3.63) is 59.9 Å². The molecule has 3 aromatic rings. The average Bonchev–Trinajstić information content (AvgIpc) is 3.24. The number of amides is 2. The Labute approximate surface area is 188 Å². The number of anilines is 1. The Morgan fingerprint density at radius 1 is 1.12 bits per heavy atom. The lowest BCUT2D eigenvalue weighted by Gasteiger charge is -2.24. The summed E-state index contributed by atoms with van der Waals surface area (Å²) in [7, 11) is 0. The Morgan fingerprint density at radius 3 is 2.61 bits per heavy atom. The Morgan fingerprint density at radius 2 is 1.88 bits per heavy atom. The number of halogens is 3. The van der Waals surface area contributed by atoms with Crippen molar-refractivity contribution >= 4 is 28.5 Å². The predicted octanol–water partition coefficient (Wildman–Crippen LogP) is 4.71. The number of rotatable bonds is 5. The lowest BCUT2D eigenvalue weighted by Crippen LogP contribution is -2.39. The number of hydrogen-bond donors (Lipinski definition) is 2. The van der Waals surface area contributed by atoms with E-state index in [1.54, 1.807) is 4.90 Å². The van der Waals surface area contributed by atoms with Gasteiger partial charge < -0.3 is 15.2 Å². The molecule has 1 aromatic heterocycles. The molecule has 1 saturated heterocycles. The highest BCUT2D eigenvalue weighted by Gasteiger charge is 2.49. The summed E-state index contributed by atoms with van der Waals surface area (Å²) >= 11 is 0. The molecule has 2 heterocycles. The van der Waals surface area contributed by atoms with Gasteiger partial charge in [0.2, 0.25) is 11.8 Å². The zero-order valence-corrected chi connectivity index (χ0v) is 17.7. The third kappa shape index (κ3) is 4.44. The number of fused-ring (bicyclic) bond motifs is 1. The zero-order chi connectivity index (χ0) is 23.2. The molecule has 0 radical (unpaired) electrons. The van der Waals surface area contributed by atoms with E-state index in [9.17, 15) is 22.8 Å². The van der Waals surface area contributed by atoms with Crippen LogP contribution in [-0.4, -0.2) is 39.3 Å². The number of H-pyrrole nitrogens is 1. The van der Waals surface area contributed by atoms with E-state index in [4.69, 9.17) is 0 Å². The van der Waals surface area contributed by atoms with Crippen molar-refractivity contribution in [2.24, 2.45) is 5.92 Å². The van der Waals surface area contributed by atoms with Crippen molar-refractivity contribution in [1.29, 1.82) is 0 Å². The number of imidazole rings is 1. The minimum Gasteiger partial charge on any atom is -0.342 e. The van der Waals surface area contributed by atoms with Crippen LogP contribution in [0.25, 0.3) is 11.0 Å². The number of aromatic nitrogens is 2. The number of aromatic amines is 1. The monoisotopic (exact) mass is 456 g/mol. The van der Waals surface area contributed by atoms with E-state index in [0.29, 0.717) is 12.2 Å². The van der Waals surface area contributed by atoms with E-state index in [2.05, 4.69) is 15.3 Å². The van der Waals surface area contributed by atoms with Crippen LogP contribution in [0.1, 0.15) is 43.0 Å². The smallest absolute Gasteiger partial charge is 0.342 e. The van der Waals surface area contributed by atoms with Gasteiger partial charge in [-0.05, 0) is 55.7 Å². The Balaban J connectivity index is 1.19. The third-order valence-corrected chi connectivity index (χ3v) is 6.44. The fourth-order valence-electron chi connectivity index (χ4n) is 4.64. The van der Waals surface area contributed by atoms with Gasteiger partial charge in [0, 0.05) is 36.5 Å². The summed E-state index contributed by atoms with van der Waals surface area (Å²) in [5.74, 6) is 0.482. The Hall–Kier alpha value is -3.36. The maximum absolute atomic E-state index is 13.1. The number of nitrogens with zero attached hydrogens (tertiary/aromatic N) is 2. The number of alkyl halides is 3. The average molecular weight is 456 g/mol. The number of benzene rings is 2. The predicted molar refractivity (Wildman–Crippen MR) is 116 cm³/mol. The maximum Gasteiger partial charge on any atom is 0.416 e. The normalized spacial score (nSPS) is 22.5. The van der Waals surface area contributed by atoms with Gasteiger partial charge in [0.05, 0.1) is 16.6 Å². The Kier molecular flexibility index (Phi) is 5.34. The molecular formula is C24H23F3N4O2. The molecule has 2 amide bonds. The van der Waals surface area contributed by atoms with E-state index < -0.39 is 11.7 Å². The van der Waals surface area contributed by atoms with Gasteiger partial charge >= 0.3 is 6.18 Å². The van der Waals surface area contributed by atoms with Crippen molar-refractivity contribution in [3.8, 4) is 0 Å². The molecule has 2 fully saturated rings. The summed E-state index contributed by atoms with van der Waals surface area (Å²) in [5.41, 5.74) is 1.36. The molecule has 0 bridgehead atoms. The fraction of sp³-hybridized carbons (Fsp3) is 0.375. The van der Waals surface area contributed by atoms with Crippen LogP contribution in [0, 0.1) is 5.92 Å². The number of nitrogens with one attached hydrogen (secondary N) is 2. The lowest BCUT2D eigenvalue weighted by atomic mass is 10.1. The summed E-state index contributed by atoms with van der Waals surface area (Å²) in [4.78, 5) is 35.3. The van der Waals surface area contributed by atoms with Crippen molar-refractivity contribution in [3.63, 3.8) is 0 Å². The fourth-order valence-corrected chi connectivity index (χ4v) is 4.64. The number of para-hydroxylation sites is 2. The molecule has 2 aliphatic rings. The maximum atomic E-state index is 13.1. The molecule has 3 atom stereocenters. The second-order valence-electron chi connectivity index (χ2n) is 8.74. The third-order valence-electron chi connectivity index (χ3n) is 6.44. The van der Waals surface area contributed by atoms with Gasteiger partial charge in [-0.2, -0.15) is 13.2 Å². The highest BCUT2D eigenvalue weighted by molar-refractivity contribution is 5.92. The molecule has 9 heteroatoms. The number of hydrogen-bond acceptors (Lipinski definition) is 3. The molecule has 1 aliphatic carbocycles. The van der Waals surface area contributed by atoms with Gasteiger partial charge in [0.15, 0.2) is 0 Å². The molecule has 5 rings (SSSR count). The van der Waals surface area contributed by atoms with E-state index in [1.807, 2.05) is 24.3 Å². The van der Waals surface area contributed by atoms with Crippen LogP contribution in [0.3, 0.4) is 0 Å². The van der Waals surface area contributed by atoms with Gasteiger partial charge in [-0.15, -0.1) is 0 Å².